The van der Waals surface area contributed by atoms with E-state index in [2.05, 4.69) is 34.1 Å². The predicted octanol–water partition coefficient (Wildman–Crippen LogP) is 6.39. The van der Waals surface area contributed by atoms with Crippen LogP contribution in [0.1, 0.15) is 30.0 Å². The van der Waals surface area contributed by atoms with Crippen molar-refractivity contribution in [1.82, 2.24) is 15.0 Å². The topological polar surface area (TPSA) is 67.9 Å². The van der Waals surface area contributed by atoms with Crippen LogP contribution in [-0.4, -0.2) is 28.0 Å². The van der Waals surface area contributed by atoms with Crippen molar-refractivity contribution in [2.75, 3.05) is 18.0 Å². The Hall–Kier alpha value is -1.90. The zero-order valence-corrected chi connectivity index (χ0v) is 20.8. The summed E-state index contributed by atoms with van der Waals surface area (Å²) in [7, 11) is 0. The van der Waals surface area contributed by atoms with E-state index in [1.54, 1.807) is 17.4 Å². The lowest BCUT2D eigenvalue weighted by molar-refractivity contribution is 0.187. The lowest BCUT2D eigenvalue weighted by Gasteiger charge is -2.42. The summed E-state index contributed by atoms with van der Waals surface area (Å²) >= 11 is 15.5. The first-order chi connectivity index (χ1) is 16.0. The van der Waals surface area contributed by atoms with E-state index >= 15 is 0 Å². The van der Waals surface area contributed by atoms with Gasteiger partial charge in [0, 0.05) is 24.0 Å². The first-order valence-corrected chi connectivity index (χ1v) is 13.3. The summed E-state index contributed by atoms with van der Waals surface area (Å²) in [5.41, 5.74) is 10.3. The summed E-state index contributed by atoms with van der Waals surface area (Å²) in [6.07, 6.45) is 5.02. The molecule has 168 valence electrons. The third-order valence-corrected chi connectivity index (χ3v) is 9.90. The molecule has 0 unspecified atom stereocenters. The number of thiazole rings is 1. The third kappa shape index (κ3) is 3.80. The number of nitrogens with two attached hydrogens (primary N) is 1. The van der Waals surface area contributed by atoms with Crippen LogP contribution in [0.4, 0.5) is 5.95 Å². The van der Waals surface area contributed by atoms with Crippen molar-refractivity contribution in [3.8, 4) is 0 Å². The molecule has 1 spiro atoms. The van der Waals surface area contributed by atoms with Crippen LogP contribution in [0.3, 0.4) is 0 Å². The number of benzene rings is 2. The molecule has 0 amide bonds. The van der Waals surface area contributed by atoms with Crippen molar-refractivity contribution in [3.63, 3.8) is 0 Å². The number of halogens is 2. The van der Waals surface area contributed by atoms with Crippen LogP contribution in [-0.2, 0) is 6.42 Å². The second-order valence-electron chi connectivity index (χ2n) is 8.69. The molecule has 5 nitrogen and oxygen atoms in total. The van der Waals surface area contributed by atoms with E-state index in [4.69, 9.17) is 38.9 Å². The van der Waals surface area contributed by atoms with Gasteiger partial charge in [-0.25, -0.2) is 9.97 Å². The Labute approximate surface area is 210 Å². The van der Waals surface area contributed by atoms with Gasteiger partial charge in [-0.05, 0) is 47.9 Å². The van der Waals surface area contributed by atoms with Crippen LogP contribution in [0, 0.1) is 5.41 Å². The Kier molecular flexibility index (Phi) is 5.50. The molecule has 1 aliphatic heterocycles. The van der Waals surface area contributed by atoms with Crippen LogP contribution in [0.5, 0.6) is 0 Å². The minimum absolute atomic E-state index is 0.107. The monoisotopic (exact) mass is 513 g/mol. The molecule has 4 aromatic rings. The number of hydrogen-bond donors (Lipinski definition) is 1. The fourth-order valence-corrected chi connectivity index (χ4v) is 7.47. The van der Waals surface area contributed by atoms with Gasteiger partial charge >= 0.3 is 0 Å². The second kappa shape index (κ2) is 8.40. The molecular weight excluding hydrogens is 493 g/mol. The highest BCUT2D eigenvalue weighted by Crippen LogP contribution is 2.51. The first-order valence-electron chi connectivity index (χ1n) is 10.9. The Balaban J connectivity index is 1.19. The van der Waals surface area contributed by atoms with Crippen LogP contribution < -0.4 is 10.6 Å². The van der Waals surface area contributed by atoms with E-state index in [0.29, 0.717) is 10.0 Å². The zero-order chi connectivity index (χ0) is 22.6. The molecule has 0 bridgehead atoms. The quantitative estimate of drug-likeness (QED) is 0.342. The molecule has 0 saturated carbocycles. The Bertz CT molecular complexity index is 1350. The average Bonchev–Trinajstić information content (AvgIpc) is 3.35. The van der Waals surface area contributed by atoms with Gasteiger partial charge in [0.1, 0.15) is 0 Å². The molecule has 2 aromatic heterocycles. The Morgan fingerprint density at radius 1 is 1.06 bits per heavy atom. The standard InChI is InChI=1S/C24H21Cl2N5S2/c25-16-6-3-7-17(19(16)26)32-23-30-21-18(33-23)13-28-22(29-21)31-10-8-24(9-11-31)12-14-4-1-2-5-15(14)20(24)27/h1-7,13,20H,8-12,27H2/t20-/m1/s1. The van der Waals surface area contributed by atoms with Gasteiger partial charge in [0.25, 0.3) is 0 Å². The summed E-state index contributed by atoms with van der Waals surface area (Å²) in [6.45, 7) is 1.80. The molecule has 2 N–H and O–H groups in total. The molecule has 2 aromatic carbocycles. The minimum Gasteiger partial charge on any atom is -0.341 e. The van der Waals surface area contributed by atoms with E-state index < -0.39 is 0 Å². The van der Waals surface area contributed by atoms with Gasteiger partial charge in [-0.2, -0.15) is 4.98 Å². The maximum atomic E-state index is 6.72. The summed E-state index contributed by atoms with van der Waals surface area (Å²) in [6, 6.07) is 14.3. The molecular formula is C24H21Cl2N5S2. The smallest absolute Gasteiger partial charge is 0.227 e. The minimum atomic E-state index is 0.107. The third-order valence-electron chi connectivity index (χ3n) is 6.87. The Morgan fingerprint density at radius 3 is 2.70 bits per heavy atom. The largest absolute Gasteiger partial charge is 0.341 e. The summed E-state index contributed by atoms with van der Waals surface area (Å²) in [4.78, 5) is 17.3. The van der Waals surface area contributed by atoms with Crippen molar-refractivity contribution in [2.45, 2.75) is 34.5 Å². The van der Waals surface area contributed by atoms with Crippen molar-refractivity contribution < 1.29 is 0 Å². The molecule has 33 heavy (non-hydrogen) atoms. The molecule has 3 heterocycles. The van der Waals surface area contributed by atoms with Gasteiger partial charge < -0.3 is 10.6 Å². The van der Waals surface area contributed by atoms with Crippen molar-refractivity contribution in [2.24, 2.45) is 11.1 Å². The zero-order valence-electron chi connectivity index (χ0n) is 17.7. The van der Waals surface area contributed by atoms with Crippen molar-refractivity contribution in [1.29, 1.82) is 0 Å². The first kappa shape index (κ1) is 21.6. The van der Waals surface area contributed by atoms with E-state index in [9.17, 15) is 0 Å². The molecule has 0 radical (unpaired) electrons. The number of aromatic nitrogens is 3. The van der Waals surface area contributed by atoms with Gasteiger partial charge in [0.15, 0.2) is 9.99 Å². The lowest BCUT2D eigenvalue weighted by atomic mass is 9.73. The van der Waals surface area contributed by atoms with E-state index in [-0.39, 0.29) is 11.5 Å². The number of rotatable bonds is 3. The molecule has 6 rings (SSSR count). The van der Waals surface area contributed by atoms with E-state index in [1.165, 1.54) is 22.9 Å². The van der Waals surface area contributed by atoms with Crippen LogP contribution in [0.15, 0.2) is 57.9 Å². The lowest BCUT2D eigenvalue weighted by Crippen LogP contribution is -2.44. The van der Waals surface area contributed by atoms with Gasteiger partial charge in [0.2, 0.25) is 5.95 Å². The van der Waals surface area contributed by atoms with E-state index in [0.717, 1.165) is 57.9 Å². The van der Waals surface area contributed by atoms with Gasteiger partial charge in [-0.3, -0.25) is 0 Å². The summed E-state index contributed by atoms with van der Waals surface area (Å²) < 4.78 is 1.83. The van der Waals surface area contributed by atoms with Crippen LogP contribution in [0.25, 0.3) is 10.3 Å². The molecule has 1 atom stereocenters. The van der Waals surface area contributed by atoms with Gasteiger partial charge in [0.05, 0.1) is 20.9 Å². The molecule has 1 saturated heterocycles. The number of fused-ring (bicyclic) bond motifs is 2. The van der Waals surface area contributed by atoms with Crippen LogP contribution in [0.2, 0.25) is 10.0 Å². The second-order valence-corrected chi connectivity index (χ2v) is 11.8. The number of nitrogens with zero attached hydrogens (tertiary/aromatic N) is 4. The maximum absolute atomic E-state index is 6.72. The predicted molar refractivity (Wildman–Crippen MR) is 137 cm³/mol. The highest BCUT2D eigenvalue weighted by Gasteiger charge is 2.46. The fraction of sp³-hybridized carbons (Fsp3) is 0.292. The van der Waals surface area contributed by atoms with Crippen LogP contribution >= 0.6 is 46.3 Å². The SMILES string of the molecule is N[C@@H]1c2ccccc2CC12CCN(c1ncc3sc(Sc4cccc(Cl)c4Cl)nc3n1)CC2. The van der Waals surface area contributed by atoms with Gasteiger partial charge in [-0.15, -0.1) is 11.3 Å². The number of piperidine rings is 1. The van der Waals surface area contributed by atoms with Crippen molar-refractivity contribution >= 4 is 62.6 Å². The summed E-state index contributed by atoms with van der Waals surface area (Å²) in [5, 5.41) is 1.09. The number of hydrogen-bond acceptors (Lipinski definition) is 7. The molecule has 1 fully saturated rings. The van der Waals surface area contributed by atoms with Gasteiger partial charge in [-0.1, -0.05) is 65.3 Å². The average molecular weight is 515 g/mol. The summed E-state index contributed by atoms with van der Waals surface area (Å²) in [5.74, 6) is 0.740. The maximum Gasteiger partial charge on any atom is 0.227 e. The van der Waals surface area contributed by atoms with Crippen molar-refractivity contribution in [3.05, 3.63) is 69.8 Å². The highest BCUT2D eigenvalue weighted by atomic mass is 35.5. The fourth-order valence-electron chi connectivity index (χ4n) is 5.02. The normalized spacial score (nSPS) is 19.4. The number of anilines is 1. The molecule has 9 heteroatoms. The van der Waals surface area contributed by atoms with E-state index in [1.807, 2.05) is 18.3 Å². The molecule has 1 aliphatic carbocycles. The molecule has 2 aliphatic rings. The highest BCUT2D eigenvalue weighted by molar-refractivity contribution is 8.01. The Morgan fingerprint density at radius 2 is 1.88 bits per heavy atom.